The van der Waals surface area contributed by atoms with Crippen LogP contribution in [0, 0.1) is 5.41 Å². The first-order valence-electron chi connectivity index (χ1n) is 8.02. The molecule has 1 aliphatic rings. The van der Waals surface area contributed by atoms with Crippen molar-refractivity contribution in [1.29, 1.82) is 0 Å². The monoisotopic (exact) mass is 274 g/mol. The lowest BCUT2D eigenvalue weighted by atomic mass is 9.90. The molecule has 0 N–H and O–H groups in total. The Bertz CT molecular complexity index is 372. The van der Waals surface area contributed by atoms with Crippen molar-refractivity contribution in [3.05, 3.63) is 35.9 Å². The van der Waals surface area contributed by atoms with Gasteiger partial charge in [0.1, 0.15) is 0 Å². The zero-order chi connectivity index (χ0) is 14.4. The molecular formula is C18H30N2. The number of hydrogen-bond acceptors (Lipinski definition) is 2. The fourth-order valence-corrected chi connectivity index (χ4v) is 2.85. The second kappa shape index (κ2) is 7.24. The molecule has 0 spiro atoms. The third-order valence-electron chi connectivity index (χ3n) is 4.12. The highest BCUT2D eigenvalue weighted by atomic mass is 15.3. The SMILES string of the molecule is CC(C)(C)CCCN1CCN(Cc2ccccc2)CC1. The Morgan fingerprint density at radius 2 is 1.50 bits per heavy atom. The summed E-state index contributed by atoms with van der Waals surface area (Å²) in [5, 5.41) is 0. The summed E-state index contributed by atoms with van der Waals surface area (Å²) in [5.41, 5.74) is 1.92. The Labute approximate surface area is 124 Å². The third-order valence-corrected chi connectivity index (χ3v) is 4.12. The average molecular weight is 274 g/mol. The van der Waals surface area contributed by atoms with Crippen LogP contribution in [-0.2, 0) is 6.54 Å². The van der Waals surface area contributed by atoms with Gasteiger partial charge in [-0.3, -0.25) is 4.90 Å². The molecule has 0 amide bonds. The summed E-state index contributed by atoms with van der Waals surface area (Å²) < 4.78 is 0. The highest BCUT2D eigenvalue weighted by Gasteiger charge is 2.17. The number of hydrogen-bond donors (Lipinski definition) is 0. The molecule has 112 valence electrons. The maximum Gasteiger partial charge on any atom is 0.0234 e. The maximum atomic E-state index is 2.63. The summed E-state index contributed by atoms with van der Waals surface area (Å²) in [5.74, 6) is 0. The van der Waals surface area contributed by atoms with Crippen LogP contribution in [0.1, 0.15) is 39.2 Å². The van der Waals surface area contributed by atoms with E-state index < -0.39 is 0 Å². The minimum atomic E-state index is 0.481. The molecule has 1 aromatic carbocycles. The van der Waals surface area contributed by atoms with Gasteiger partial charge in [-0.2, -0.15) is 0 Å². The van der Waals surface area contributed by atoms with E-state index >= 15 is 0 Å². The number of piperazine rings is 1. The van der Waals surface area contributed by atoms with Gasteiger partial charge in [0.2, 0.25) is 0 Å². The van der Waals surface area contributed by atoms with Crippen molar-refractivity contribution in [3.63, 3.8) is 0 Å². The van der Waals surface area contributed by atoms with Crippen molar-refractivity contribution in [3.8, 4) is 0 Å². The van der Waals surface area contributed by atoms with Crippen molar-refractivity contribution in [1.82, 2.24) is 9.80 Å². The molecule has 0 unspecified atom stereocenters. The molecule has 0 bridgehead atoms. The van der Waals surface area contributed by atoms with Gasteiger partial charge in [0.05, 0.1) is 0 Å². The van der Waals surface area contributed by atoms with E-state index in [4.69, 9.17) is 0 Å². The van der Waals surface area contributed by atoms with E-state index in [0.717, 1.165) is 6.54 Å². The molecule has 1 heterocycles. The van der Waals surface area contributed by atoms with Crippen LogP contribution in [-0.4, -0.2) is 42.5 Å². The van der Waals surface area contributed by atoms with E-state index in [1.54, 1.807) is 0 Å². The van der Waals surface area contributed by atoms with E-state index in [1.165, 1.54) is 51.1 Å². The van der Waals surface area contributed by atoms with Crippen LogP contribution in [0.25, 0.3) is 0 Å². The lowest BCUT2D eigenvalue weighted by Gasteiger charge is -2.35. The molecule has 0 radical (unpaired) electrons. The fraction of sp³-hybridized carbons (Fsp3) is 0.667. The zero-order valence-electron chi connectivity index (χ0n) is 13.4. The summed E-state index contributed by atoms with van der Waals surface area (Å²) in [4.78, 5) is 5.21. The first-order valence-corrected chi connectivity index (χ1v) is 8.02. The highest BCUT2D eigenvalue weighted by Crippen LogP contribution is 2.20. The fourth-order valence-electron chi connectivity index (χ4n) is 2.85. The van der Waals surface area contributed by atoms with Gasteiger partial charge in [-0.25, -0.2) is 0 Å². The number of benzene rings is 1. The van der Waals surface area contributed by atoms with E-state index in [1.807, 2.05) is 0 Å². The standard InChI is InChI=1S/C18H30N2/c1-18(2,3)10-7-11-19-12-14-20(15-13-19)16-17-8-5-4-6-9-17/h4-6,8-9H,7,10-16H2,1-3H3. The number of nitrogens with zero attached hydrogens (tertiary/aromatic N) is 2. The van der Waals surface area contributed by atoms with Gasteiger partial charge in [-0.05, 0) is 30.4 Å². The van der Waals surface area contributed by atoms with Crippen LogP contribution < -0.4 is 0 Å². The molecule has 20 heavy (non-hydrogen) atoms. The Morgan fingerprint density at radius 3 is 2.10 bits per heavy atom. The molecule has 1 saturated heterocycles. The second-order valence-electron chi connectivity index (χ2n) is 7.27. The largest absolute Gasteiger partial charge is 0.301 e. The molecular weight excluding hydrogens is 244 g/mol. The third kappa shape index (κ3) is 5.64. The van der Waals surface area contributed by atoms with E-state index in [9.17, 15) is 0 Å². The smallest absolute Gasteiger partial charge is 0.0234 e. The van der Waals surface area contributed by atoms with Gasteiger partial charge >= 0.3 is 0 Å². The predicted molar refractivity (Wildman–Crippen MR) is 86.8 cm³/mol. The van der Waals surface area contributed by atoms with Gasteiger partial charge in [0, 0.05) is 32.7 Å². The van der Waals surface area contributed by atoms with Crippen LogP contribution in [0.5, 0.6) is 0 Å². The summed E-state index contributed by atoms with van der Waals surface area (Å²) >= 11 is 0. The van der Waals surface area contributed by atoms with Crippen molar-refractivity contribution in [2.45, 2.75) is 40.2 Å². The molecule has 2 rings (SSSR count). The Hall–Kier alpha value is -0.860. The summed E-state index contributed by atoms with van der Waals surface area (Å²) in [6, 6.07) is 10.8. The summed E-state index contributed by atoms with van der Waals surface area (Å²) in [7, 11) is 0. The molecule has 0 aliphatic carbocycles. The van der Waals surface area contributed by atoms with Gasteiger partial charge in [0.25, 0.3) is 0 Å². The lowest BCUT2D eigenvalue weighted by Crippen LogP contribution is -2.46. The van der Waals surface area contributed by atoms with E-state index in [0.29, 0.717) is 5.41 Å². The van der Waals surface area contributed by atoms with Crippen LogP contribution in [0.3, 0.4) is 0 Å². The predicted octanol–water partition coefficient (Wildman–Crippen LogP) is 3.63. The van der Waals surface area contributed by atoms with Crippen LogP contribution in [0.4, 0.5) is 0 Å². The summed E-state index contributed by atoms with van der Waals surface area (Å²) in [6.07, 6.45) is 2.67. The molecule has 0 saturated carbocycles. The Kier molecular flexibility index (Phi) is 5.62. The minimum Gasteiger partial charge on any atom is -0.301 e. The minimum absolute atomic E-state index is 0.481. The topological polar surface area (TPSA) is 6.48 Å². The molecule has 2 heteroatoms. The normalized spacial score (nSPS) is 18.4. The van der Waals surface area contributed by atoms with Gasteiger partial charge in [-0.1, -0.05) is 51.1 Å². The first-order chi connectivity index (χ1) is 9.53. The van der Waals surface area contributed by atoms with Crippen molar-refractivity contribution in [2.24, 2.45) is 5.41 Å². The number of rotatable bonds is 5. The molecule has 0 aromatic heterocycles. The van der Waals surface area contributed by atoms with Crippen molar-refractivity contribution >= 4 is 0 Å². The van der Waals surface area contributed by atoms with E-state index in [-0.39, 0.29) is 0 Å². The molecule has 1 aromatic rings. The van der Waals surface area contributed by atoms with E-state index in [2.05, 4.69) is 60.9 Å². The molecule has 0 atom stereocenters. The Morgan fingerprint density at radius 1 is 0.900 bits per heavy atom. The zero-order valence-corrected chi connectivity index (χ0v) is 13.4. The second-order valence-corrected chi connectivity index (χ2v) is 7.27. The van der Waals surface area contributed by atoms with Gasteiger partial charge in [-0.15, -0.1) is 0 Å². The quantitative estimate of drug-likeness (QED) is 0.809. The molecule has 1 fully saturated rings. The molecule has 2 nitrogen and oxygen atoms in total. The van der Waals surface area contributed by atoms with Crippen molar-refractivity contribution < 1.29 is 0 Å². The van der Waals surface area contributed by atoms with Gasteiger partial charge in [0.15, 0.2) is 0 Å². The van der Waals surface area contributed by atoms with Crippen LogP contribution in [0.15, 0.2) is 30.3 Å². The summed E-state index contributed by atoms with van der Waals surface area (Å²) in [6.45, 7) is 14.3. The first kappa shape index (κ1) is 15.5. The Balaban J connectivity index is 1.65. The average Bonchev–Trinajstić information content (AvgIpc) is 2.41. The van der Waals surface area contributed by atoms with Gasteiger partial charge < -0.3 is 4.90 Å². The van der Waals surface area contributed by atoms with Crippen LogP contribution >= 0.6 is 0 Å². The van der Waals surface area contributed by atoms with Crippen molar-refractivity contribution in [2.75, 3.05) is 32.7 Å². The molecule has 1 aliphatic heterocycles. The highest BCUT2D eigenvalue weighted by molar-refractivity contribution is 5.14. The van der Waals surface area contributed by atoms with Crippen LogP contribution in [0.2, 0.25) is 0 Å². The lowest BCUT2D eigenvalue weighted by molar-refractivity contribution is 0.122. The maximum absolute atomic E-state index is 2.63.